The number of thioether (sulfide) groups is 1. The van der Waals surface area contributed by atoms with Crippen molar-refractivity contribution in [3.63, 3.8) is 0 Å². The largest absolute Gasteiger partial charge is 0.384 e. The molecule has 19 heavy (non-hydrogen) atoms. The van der Waals surface area contributed by atoms with E-state index in [2.05, 4.69) is 16.6 Å². The molecule has 0 saturated carbocycles. The fourth-order valence-electron chi connectivity index (χ4n) is 1.25. The smallest absolute Gasteiger partial charge is 0.240 e. The van der Waals surface area contributed by atoms with Gasteiger partial charge >= 0.3 is 0 Å². The molecule has 0 spiro atoms. The maximum Gasteiger partial charge on any atom is 0.240 e. The van der Waals surface area contributed by atoms with Crippen LogP contribution in [0.1, 0.15) is 12.5 Å². The number of benzene rings is 1. The SMILES string of the molecule is CSC(C)CNS(=O)(=O)c1ccc(C#CCO)cc1. The van der Waals surface area contributed by atoms with Crippen molar-refractivity contribution in [3.05, 3.63) is 29.8 Å². The van der Waals surface area contributed by atoms with Gasteiger partial charge in [-0.1, -0.05) is 18.8 Å². The molecule has 0 bridgehead atoms. The Kier molecular flexibility index (Phi) is 6.38. The molecule has 2 N–H and O–H groups in total. The van der Waals surface area contributed by atoms with Crippen LogP contribution >= 0.6 is 11.8 Å². The van der Waals surface area contributed by atoms with E-state index in [-0.39, 0.29) is 16.8 Å². The van der Waals surface area contributed by atoms with Gasteiger partial charge in [-0.2, -0.15) is 11.8 Å². The van der Waals surface area contributed by atoms with Crippen molar-refractivity contribution < 1.29 is 13.5 Å². The zero-order valence-electron chi connectivity index (χ0n) is 10.9. The van der Waals surface area contributed by atoms with Gasteiger partial charge in [0.1, 0.15) is 6.61 Å². The van der Waals surface area contributed by atoms with Gasteiger partial charge < -0.3 is 5.11 Å². The van der Waals surface area contributed by atoms with Gasteiger partial charge in [-0.3, -0.25) is 0 Å². The van der Waals surface area contributed by atoms with Crippen molar-refractivity contribution in [1.29, 1.82) is 0 Å². The van der Waals surface area contributed by atoms with Crippen molar-refractivity contribution in [3.8, 4) is 11.8 Å². The molecule has 0 radical (unpaired) electrons. The summed E-state index contributed by atoms with van der Waals surface area (Å²) >= 11 is 1.60. The molecule has 4 nitrogen and oxygen atoms in total. The topological polar surface area (TPSA) is 66.4 Å². The lowest BCUT2D eigenvalue weighted by Crippen LogP contribution is -2.29. The van der Waals surface area contributed by atoms with Crippen molar-refractivity contribution in [2.24, 2.45) is 0 Å². The van der Waals surface area contributed by atoms with E-state index in [1.165, 1.54) is 12.1 Å². The highest BCUT2D eigenvalue weighted by atomic mass is 32.2. The van der Waals surface area contributed by atoms with Crippen LogP contribution < -0.4 is 4.72 Å². The fraction of sp³-hybridized carbons (Fsp3) is 0.385. The summed E-state index contributed by atoms with van der Waals surface area (Å²) in [6, 6.07) is 6.26. The molecule has 104 valence electrons. The molecule has 0 aromatic heterocycles. The third-order valence-corrected chi connectivity index (χ3v) is 4.85. The van der Waals surface area contributed by atoms with Gasteiger partial charge in [-0.15, -0.1) is 0 Å². The van der Waals surface area contributed by atoms with Gasteiger partial charge in [0.05, 0.1) is 4.90 Å². The summed E-state index contributed by atoms with van der Waals surface area (Å²) in [6.07, 6.45) is 1.94. The molecule has 1 rings (SSSR count). The van der Waals surface area contributed by atoms with Crippen LogP contribution in [0, 0.1) is 11.8 Å². The van der Waals surface area contributed by atoms with Gasteiger partial charge in [0.25, 0.3) is 0 Å². The highest BCUT2D eigenvalue weighted by Crippen LogP contribution is 2.11. The number of nitrogens with one attached hydrogen (secondary N) is 1. The lowest BCUT2D eigenvalue weighted by molar-refractivity contribution is 0.350. The first kappa shape index (κ1) is 16.1. The van der Waals surface area contributed by atoms with Crippen LogP contribution in [0.15, 0.2) is 29.2 Å². The Morgan fingerprint density at radius 3 is 2.53 bits per heavy atom. The number of hydrogen-bond acceptors (Lipinski definition) is 4. The fourth-order valence-corrected chi connectivity index (χ4v) is 2.74. The standard InChI is InChI=1S/C13H17NO3S2/c1-11(18-2)10-14-19(16,17)13-7-5-12(6-8-13)4-3-9-15/h5-8,11,14-15H,9-10H2,1-2H3. The second-order valence-electron chi connectivity index (χ2n) is 3.88. The Hall–Kier alpha value is -1.00. The minimum Gasteiger partial charge on any atom is -0.384 e. The second-order valence-corrected chi connectivity index (χ2v) is 6.93. The zero-order chi connectivity index (χ0) is 14.3. The first-order chi connectivity index (χ1) is 8.99. The Labute approximate surface area is 118 Å². The van der Waals surface area contributed by atoms with Gasteiger partial charge in [0.2, 0.25) is 10.0 Å². The van der Waals surface area contributed by atoms with Gasteiger partial charge in [-0.05, 0) is 30.5 Å². The molecule has 0 saturated heterocycles. The van der Waals surface area contributed by atoms with Crippen LogP contribution in [-0.4, -0.2) is 38.2 Å². The number of hydrogen-bond donors (Lipinski definition) is 2. The van der Waals surface area contributed by atoms with Gasteiger partial charge in [0, 0.05) is 17.4 Å². The lowest BCUT2D eigenvalue weighted by Gasteiger charge is -2.10. The molecular weight excluding hydrogens is 282 g/mol. The zero-order valence-corrected chi connectivity index (χ0v) is 12.5. The summed E-state index contributed by atoms with van der Waals surface area (Å²) in [4.78, 5) is 0.218. The first-order valence-corrected chi connectivity index (χ1v) is 8.49. The predicted molar refractivity (Wildman–Crippen MR) is 78.6 cm³/mol. The van der Waals surface area contributed by atoms with Crippen LogP contribution in [0.5, 0.6) is 0 Å². The molecule has 1 aromatic carbocycles. The monoisotopic (exact) mass is 299 g/mol. The number of aliphatic hydroxyl groups excluding tert-OH is 1. The van der Waals surface area contributed by atoms with Crippen molar-refractivity contribution >= 4 is 21.8 Å². The molecule has 6 heteroatoms. The van der Waals surface area contributed by atoms with Crippen molar-refractivity contribution in [1.82, 2.24) is 4.72 Å². The molecule has 0 aliphatic rings. The van der Waals surface area contributed by atoms with Crippen molar-refractivity contribution in [2.75, 3.05) is 19.4 Å². The molecule has 0 amide bonds. The lowest BCUT2D eigenvalue weighted by atomic mass is 10.2. The average Bonchev–Trinajstić information content (AvgIpc) is 2.43. The van der Waals surface area contributed by atoms with Gasteiger partial charge in [0.15, 0.2) is 0 Å². The number of aliphatic hydroxyl groups is 1. The first-order valence-electron chi connectivity index (χ1n) is 5.72. The van der Waals surface area contributed by atoms with E-state index in [9.17, 15) is 8.42 Å². The summed E-state index contributed by atoms with van der Waals surface area (Å²) < 4.78 is 26.5. The average molecular weight is 299 g/mol. The van der Waals surface area contributed by atoms with Crippen LogP contribution in [0.4, 0.5) is 0 Å². The Bertz CT molecular complexity index is 556. The summed E-state index contributed by atoms with van der Waals surface area (Å²) in [5.41, 5.74) is 0.672. The van der Waals surface area contributed by atoms with E-state index in [0.29, 0.717) is 12.1 Å². The molecule has 1 atom stereocenters. The highest BCUT2D eigenvalue weighted by molar-refractivity contribution is 7.99. The summed E-state index contributed by atoms with van der Waals surface area (Å²) in [5, 5.41) is 8.80. The molecular formula is C13H17NO3S2. The molecule has 0 aliphatic carbocycles. The molecule has 0 aliphatic heterocycles. The summed E-state index contributed by atoms with van der Waals surface area (Å²) in [6.45, 7) is 2.14. The van der Waals surface area contributed by atoms with Crippen molar-refractivity contribution in [2.45, 2.75) is 17.1 Å². The highest BCUT2D eigenvalue weighted by Gasteiger charge is 2.14. The molecule has 1 aromatic rings. The number of sulfonamides is 1. The molecule has 0 fully saturated rings. The molecule has 0 heterocycles. The van der Waals surface area contributed by atoms with E-state index in [1.54, 1.807) is 23.9 Å². The van der Waals surface area contributed by atoms with E-state index < -0.39 is 10.0 Å². The minimum absolute atomic E-state index is 0.214. The molecule has 1 unspecified atom stereocenters. The maximum absolute atomic E-state index is 12.0. The summed E-state index contributed by atoms with van der Waals surface area (Å²) in [7, 11) is -3.46. The van der Waals surface area contributed by atoms with E-state index in [4.69, 9.17) is 5.11 Å². The Balaban J connectivity index is 2.79. The quantitative estimate of drug-likeness (QED) is 0.798. The van der Waals surface area contributed by atoms with Crippen LogP contribution in [0.2, 0.25) is 0 Å². The normalized spacial score (nSPS) is 12.6. The van der Waals surface area contributed by atoms with Crippen LogP contribution in [0.3, 0.4) is 0 Å². The van der Waals surface area contributed by atoms with E-state index >= 15 is 0 Å². The van der Waals surface area contributed by atoms with E-state index in [1.807, 2.05) is 13.2 Å². The number of rotatable bonds is 5. The predicted octanol–water partition coefficient (Wildman–Crippen LogP) is 1.06. The maximum atomic E-state index is 12.0. The van der Waals surface area contributed by atoms with E-state index in [0.717, 1.165) is 0 Å². The third-order valence-electron chi connectivity index (χ3n) is 2.44. The Morgan fingerprint density at radius 1 is 1.37 bits per heavy atom. The third kappa shape index (κ3) is 5.25. The minimum atomic E-state index is -3.46. The van der Waals surface area contributed by atoms with Gasteiger partial charge in [-0.25, -0.2) is 13.1 Å². The summed E-state index contributed by atoms with van der Waals surface area (Å²) in [5.74, 6) is 5.22. The van der Waals surface area contributed by atoms with Crippen LogP contribution in [-0.2, 0) is 10.0 Å². The Morgan fingerprint density at radius 2 is 2.00 bits per heavy atom. The second kappa shape index (κ2) is 7.56. The van der Waals surface area contributed by atoms with Crippen LogP contribution in [0.25, 0.3) is 0 Å².